The summed E-state index contributed by atoms with van der Waals surface area (Å²) in [6, 6.07) is 14.3. The highest BCUT2D eigenvalue weighted by atomic mass is 19.3. The van der Waals surface area contributed by atoms with Crippen molar-refractivity contribution in [3.8, 4) is 11.5 Å². The van der Waals surface area contributed by atoms with Crippen LogP contribution in [0.5, 0.6) is 11.5 Å². The van der Waals surface area contributed by atoms with Crippen LogP contribution in [0.15, 0.2) is 54.6 Å². The molecule has 208 valence electrons. The minimum absolute atomic E-state index is 0.0204. The van der Waals surface area contributed by atoms with Crippen LogP contribution in [-0.4, -0.2) is 62.6 Å². The standard InChI is InChI=1S/C27H32F4N2O5/c1-35-20-9-7-18(8-10-20)16-33-23-11-12-32-24(23)17-36-26(29)14-19(28)13-22(15-26)37-25(34)27(30,31)38-21-5-3-2-4-6-21/h2-10,19,22-24,32-33H,11-17H2,1H3. The first-order valence-corrected chi connectivity index (χ1v) is 12.6. The molecule has 4 rings (SSSR count). The summed E-state index contributed by atoms with van der Waals surface area (Å²) >= 11 is 0. The van der Waals surface area contributed by atoms with Crippen molar-refractivity contribution in [3.63, 3.8) is 0 Å². The van der Waals surface area contributed by atoms with Crippen LogP contribution in [0.25, 0.3) is 0 Å². The summed E-state index contributed by atoms with van der Waals surface area (Å²) in [6.45, 7) is 1.20. The third-order valence-corrected chi connectivity index (χ3v) is 6.67. The van der Waals surface area contributed by atoms with Gasteiger partial charge < -0.3 is 29.6 Å². The van der Waals surface area contributed by atoms with Crippen molar-refractivity contribution in [3.05, 3.63) is 60.2 Å². The van der Waals surface area contributed by atoms with Crippen LogP contribution in [0.1, 0.15) is 31.2 Å². The van der Waals surface area contributed by atoms with Crippen molar-refractivity contribution < 1.29 is 41.3 Å². The fourth-order valence-corrected chi connectivity index (χ4v) is 4.73. The van der Waals surface area contributed by atoms with Crippen molar-refractivity contribution in [2.24, 2.45) is 0 Å². The maximum absolute atomic E-state index is 15.5. The summed E-state index contributed by atoms with van der Waals surface area (Å²) in [5, 5.41) is 6.67. The molecule has 1 aliphatic heterocycles. The Kier molecular flexibility index (Phi) is 9.11. The van der Waals surface area contributed by atoms with Gasteiger partial charge in [0.15, 0.2) is 0 Å². The Morgan fingerprint density at radius 2 is 1.84 bits per heavy atom. The first-order valence-electron chi connectivity index (χ1n) is 12.6. The number of methoxy groups -OCH3 is 1. The highest BCUT2D eigenvalue weighted by molar-refractivity contribution is 5.76. The zero-order valence-corrected chi connectivity index (χ0v) is 21.0. The van der Waals surface area contributed by atoms with Crippen LogP contribution in [-0.2, 0) is 20.8 Å². The number of para-hydroxylation sites is 1. The molecule has 7 nitrogen and oxygen atoms in total. The van der Waals surface area contributed by atoms with E-state index in [1.54, 1.807) is 13.2 Å². The van der Waals surface area contributed by atoms with Crippen LogP contribution in [0.4, 0.5) is 17.6 Å². The van der Waals surface area contributed by atoms with Gasteiger partial charge in [-0.15, -0.1) is 0 Å². The van der Waals surface area contributed by atoms with Gasteiger partial charge in [-0.2, -0.15) is 8.78 Å². The fraction of sp³-hybridized carbons (Fsp3) is 0.519. The number of esters is 1. The number of halogens is 4. The van der Waals surface area contributed by atoms with Gasteiger partial charge in [0.05, 0.1) is 13.7 Å². The number of rotatable bonds is 11. The molecule has 2 fully saturated rings. The van der Waals surface area contributed by atoms with Crippen LogP contribution in [0.3, 0.4) is 0 Å². The van der Waals surface area contributed by atoms with E-state index in [1.165, 1.54) is 24.3 Å². The van der Waals surface area contributed by atoms with E-state index in [0.29, 0.717) is 13.1 Å². The third kappa shape index (κ3) is 7.58. The smallest absolute Gasteiger partial charge is 0.497 e. The number of hydrogen-bond acceptors (Lipinski definition) is 7. The lowest BCUT2D eigenvalue weighted by Crippen LogP contribution is -2.49. The van der Waals surface area contributed by atoms with Crippen molar-refractivity contribution in [2.45, 2.75) is 68.6 Å². The molecule has 2 aliphatic rings. The molecular weight excluding hydrogens is 508 g/mol. The number of nitrogens with one attached hydrogen (secondary N) is 2. The zero-order chi connectivity index (χ0) is 27.2. The lowest BCUT2D eigenvalue weighted by atomic mass is 9.91. The minimum Gasteiger partial charge on any atom is -0.497 e. The van der Waals surface area contributed by atoms with Crippen molar-refractivity contribution in [1.82, 2.24) is 10.6 Å². The van der Waals surface area contributed by atoms with Crippen LogP contribution in [0, 0.1) is 0 Å². The topological polar surface area (TPSA) is 78.0 Å². The van der Waals surface area contributed by atoms with Crippen LogP contribution in [0.2, 0.25) is 0 Å². The molecule has 1 saturated heterocycles. The van der Waals surface area contributed by atoms with Crippen molar-refractivity contribution in [1.29, 1.82) is 0 Å². The highest BCUT2D eigenvalue weighted by Gasteiger charge is 2.49. The molecule has 5 unspecified atom stereocenters. The lowest BCUT2D eigenvalue weighted by molar-refractivity contribution is -0.237. The van der Waals surface area contributed by atoms with Gasteiger partial charge in [0.1, 0.15) is 23.8 Å². The number of benzene rings is 2. The molecule has 2 aromatic carbocycles. The molecule has 0 aromatic heterocycles. The molecule has 2 aromatic rings. The van der Waals surface area contributed by atoms with E-state index in [-0.39, 0.29) is 24.4 Å². The van der Waals surface area contributed by atoms with Gasteiger partial charge in [-0.1, -0.05) is 30.3 Å². The predicted octanol–water partition coefficient (Wildman–Crippen LogP) is 4.30. The third-order valence-electron chi connectivity index (χ3n) is 6.67. The molecule has 0 amide bonds. The Labute approximate surface area is 218 Å². The molecule has 5 atom stereocenters. The van der Waals surface area contributed by atoms with E-state index in [9.17, 15) is 18.0 Å². The van der Waals surface area contributed by atoms with Crippen LogP contribution >= 0.6 is 0 Å². The molecule has 0 radical (unpaired) electrons. The summed E-state index contributed by atoms with van der Waals surface area (Å²) in [5.41, 5.74) is 1.05. The number of carbonyl (C=O) groups is 1. The molecular formula is C27H32F4N2O5. The van der Waals surface area contributed by atoms with Gasteiger partial charge in [0, 0.05) is 37.9 Å². The average Bonchev–Trinajstić information content (AvgIpc) is 3.34. The maximum atomic E-state index is 15.5. The number of hydrogen-bond donors (Lipinski definition) is 2. The Morgan fingerprint density at radius 3 is 2.55 bits per heavy atom. The summed E-state index contributed by atoms with van der Waals surface area (Å²) in [4.78, 5) is 12.1. The number of carbonyl (C=O) groups excluding carboxylic acids is 1. The summed E-state index contributed by atoms with van der Waals surface area (Å²) < 4.78 is 78.3. The SMILES string of the molecule is COc1ccc(CNC2CCNC2COC2(F)CC(F)CC(OC(=O)C(F)(F)Oc3ccccc3)C2)cc1. The van der Waals surface area contributed by atoms with E-state index >= 15 is 4.39 Å². The molecule has 38 heavy (non-hydrogen) atoms. The van der Waals surface area contributed by atoms with Gasteiger partial charge in [0.25, 0.3) is 0 Å². The Hall–Kier alpha value is -2.89. The quantitative estimate of drug-likeness (QED) is 0.325. The zero-order valence-electron chi connectivity index (χ0n) is 21.0. The van der Waals surface area contributed by atoms with Crippen molar-refractivity contribution >= 4 is 5.97 Å². The second-order valence-electron chi connectivity index (χ2n) is 9.58. The molecule has 1 aliphatic carbocycles. The Balaban J connectivity index is 1.28. The van der Waals surface area contributed by atoms with Crippen molar-refractivity contribution in [2.75, 3.05) is 20.3 Å². The highest BCUT2D eigenvalue weighted by Crippen LogP contribution is 2.37. The van der Waals surface area contributed by atoms with Gasteiger partial charge >= 0.3 is 12.1 Å². The Bertz CT molecular complexity index is 1050. The molecule has 1 heterocycles. The lowest BCUT2D eigenvalue weighted by Gasteiger charge is -2.37. The fourth-order valence-electron chi connectivity index (χ4n) is 4.73. The molecule has 2 N–H and O–H groups in total. The monoisotopic (exact) mass is 540 g/mol. The van der Waals surface area contributed by atoms with Gasteiger partial charge in [-0.3, -0.25) is 0 Å². The number of ether oxygens (including phenoxy) is 4. The second-order valence-corrected chi connectivity index (χ2v) is 9.58. The van der Waals surface area contributed by atoms with E-state index in [4.69, 9.17) is 14.2 Å². The first-order chi connectivity index (χ1) is 18.2. The Morgan fingerprint density at radius 1 is 1.11 bits per heavy atom. The molecule has 0 spiro atoms. The van der Waals surface area contributed by atoms with Gasteiger partial charge in [-0.25, -0.2) is 13.6 Å². The minimum atomic E-state index is -4.32. The summed E-state index contributed by atoms with van der Waals surface area (Å²) in [5.74, 6) is -3.97. The largest absolute Gasteiger partial charge is 0.502 e. The molecule has 1 saturated carbocycles. The van der Waals surface area contributed by atoms with Gasteiger partial charge in [0.2, 0.25) is 5.85 Å². The predicted molar refractivity (Wildman–Crippen MR) is 130 cm³/mol. The van der Waals surface area contributed by atoms with E-state index in [1.807, 2.05) is 24.3 Å². The molecule has 0 bridgehead atoms. The number of alkyl halides is 4. The van der Waals surface area contributed by atoms with E-state index in [2.05, 4.69) is 15.4 Å². The normalized spacial score (nSPS) is 27.6. The first kappa shape index (κ1) is 28.1. The van der Waals surface area contributed by atoms with Gasteiger partial charge in [-0.05, 0) is 42.8 Å². The maximum Gasteiger partial charge on any atom is 0.502 e. The second kappa shape index (κ2) is 12.3. The van der Waals surface area contributed by atoms with E-state index < -0.39 is 49.5 Å². The summed E-state index contributed by atoms with van der Waals surface area (Å²) in [7, 11) is 1.60. The molecule has 11 heteroatoms. The summed E-state index contributed by atoms with van der Waals surface area (Å²) in [6.07, 6.45) is -8.23. The van der Waals surface area contributed by atoms with Crippen LogP contribution < -0.4 is 20.1 Å². The average molecular weight is 541 g/mol. The van der Waals surface area contributed by atoms with E-state index in [0.717, 1.165) is 17.7 Å².